The van der Waals surface area contributed by atoms with Crippen LogP contribution in [0.3, 0.4) is 0 Å². The first-order valence-corrected chi connectivity index (χ1v) is 10.4. The van der Waals surface area contributed by atoms with Crippen molar-refractivity contribution in [1.82, 2.24) is 0 Å². The molecule has 0 amide bonds. The van der Waals surface area contributed by atoms with E-state index in [1.54, 1.807) is 0 Å². The molecule has 3 atom stereocenters. The third-order valence-electron chi connectivity index (χ3n) is 4.59. The van der Waals surface area contributed by atoms with Crippen molar-refractivity contribution in [3.05, 3.63) is 64.7 Å². The van der Waals surface area contributed by atoms with Crippen molar-refractivity contribution in [2.75, 3.05) is 0 Å². The van der Waals surface area contributed by atoms with Crippen molar-refractivity contribution in [2.45, 2.75) is 32.2 Å². The summed E-state index contributed by atoms with van der Waals surface area (Å²) in [5, 5.41) is 21.2. The van der Waals surface area contributed by atoms with Gasteiger partial charge >= 0.3 is 12.4 Å². The molecule has 0 spiro atoms. The maximum Gasteiger partial charge on any atom is 0.416 e. The van der Waals surface area contributed by atoms with Gasteiger partial charge in [0.05, 0.1) is 16.0 Å². The van der Waals surface area contributed by atoms with Crippen LogP contribution >= 0.6 is 22.6 Å². The van der Waals surface area contributed by atoms with E-state index in [0.29, 0.717) is 0 Å². The van der Waals surface area contributed by atoms with Gasteiger partial charge in [0.1, 0.15) is 12.2 Å². The second-order valence-electron chi connectivity index (χ2n) is 6.38. The molecule has 2 aromatic rings. The summed E-state index contributed by atoms with van der Waals surface area (Å²) in [6.45, 7) is 0. The van der Waals surface area contributed by atoms with Gasteiger partial charge in [-0.25, -0.2) is 8.42 Å². The third kappa shape index (κ3) is 3.43. The highest BCUT2D eigenvalue weighted by Gasteiger charge is 2.61. The minimum Gasteiger partial charge on any atom is -0.386 e. The normalized spacial score (nSPS) is 24.9. The summed E-state index contributed by atoms with van der Waals surface area (Å²) in [5.74, 6) is 0. The van der Waals surface area contributed by atoms with E-state index in [1.807, 2.05) is 0 Å². The van der Waals surface area contributed by atoms with Crippen LogP contribution in [0.4, 0.5) is 26.3 Å². The Labute approximate surface area is 174 Å². The standard InChI is InChI=1S/C17H11F6IO4S/c18-16(19,20)9-5-8(6-10(7-9)17(21,22)23)13(25)15(24)14(26)11-3-1-2-4-12(11)29(15,27)28/h1-7,13-14,25-26H. The van der Waals surface area contributed by atoms with Crippen LogP contribution < -0.4 is 0 Å². The highest BCUT2D eigenvalue weighted by Crippen LogP contribution is 2.57. The molecule has 12 heteroatoms. The van der Waals surface area contributed by atoms with E-state index in [1.165, 1.54) is 40.8 Å². The topological polar surface area (TPSA) is 74.6 Å². The first kappa shape index (κ1) is 22.3. The Kier molecular flexibility index (Phi) is 5.25. The van der Waals surface area contributed by atoms with E-state index >= 15 is 0 Å². The van der Waals surface area contributed by atoms with Gasteiger partial charge in [-0.15, -0.1) is 0 Å². The molecule has 0 aliphatic carbocycles. The molecule has 2 N–H and O–H groups in total. The first-order chi connectivity index (χ1) is 13.1. The number of alkyl halides is 7. The number of hydrogen-bond acceptors (Lipinski definition) is 4. The van der Waals surface area contributed by atoms with Crippen molar-refractivity contribution >= 4 is 32.4 Å². The average molecular weight is 552 g/mol. The maximum atomic E-state index is 13.1. The van der Waals surface area contributed by atoms with Crippen LogP contribution in [0.1, 0.15) is 34.5 Å². The van der Waals surface area contributed by atoms with Crippen LogP contribution in [-0.4, -0.2) is 21.4 Å². The maximum absolute atomic E-state index is 13.1. The molecule has 158 valence electrons. The number of fused-ring (bicyclic) bond motifs is 1. The van der Waals surface area contributed by atoms with Crippen LogP contribution in [0.25, 0.3) is 0 Å². The van der Waals surface area contributed by atoms with Gasteiger partial charge in [-0.2, -0.15) is 26.3 Å². The predicted octanol–water partition coefficient (Wildman–Crippen LogP) is 4.41. The second kappa shape index (κ2) is 6.82. The molecule has 2 aromatic carbocycles. The van der Waals surface area contributed by atoms with Crippen molar-refractivity contribution in [3.8, 4) is 0 Å². The van der Waals surface area contributed by atoms with Crippen molar-refractivity contribution in [2.24, 2.45) is 0 Å². The van der Waals surface area contributed by atoms with Crippen LogP contribution in [0, 0.1) is 0 Å². The zero-order chi connectivity index (χ0) is 22.0. The smallest absolute Gasteiger partial charge is 0.386 e. The molecular formula is C17H11F6IO4S. The number of aliphatic hydroxyl groups excluding tert-OH is 2. The van der Waals surface area contributed by atoms with E-state index in [4.69, 9.17) is 0 Å². The minimum atomic E-state index is -5.18. The molecule has 3 unspecified atom stereocenters. The summed E-state index contributed by atoms with van der Waals surface area (Å²) in [7, 11) is -4.51. The molecule has 0 radical (unpaired) electrons. The van der Waals surface area contributed by atoms with Gasteiger partial charge in [0.15, 0.2) is 12.6 Å². The van der Waals surface area contributed by atoms with Gasteiger partial charge in [-0.3, -0.25) is 0 Å². The summed E-state index contributed by atoms with van der Waals surface area (Å²) in [4.78, 5) is -0.357. The Morgan fingerprint density at radius 2 is 1.45 bits per heavy atom. The number of halogens is 7. The largest absolute Gasteiger partial charge is 0.416 e. The van der Waals surface area contributed by atoms with Crippen LogP contribution in [0.15, 0.2) is 47.4 Å². The molecule has 0 aromatic heterocycles. The highest BCUT2D eigenvalue weighted by atomic mass is 127. The van der Waals surface area contributed by atoms with E-state index in [-0.39, 0.29) is 28.7 Å². The van der Waals surface area contributed by atoms with Crippen LogP contribution in [0.5, 0.6) is 0 Å². The van der Waals surface area contributed by atoms with E-state index < -0.39 is 53.8 Å². The predicted molar refractivity (Wildman–Crippen MR) is 96.7 cm³/mol. The van der Waals surface area contributed by atoms with Gasteiger partial charge < -0.3 is 10.2 Å². The third-order valence-corrected chi connectivity index (χ3v) is 9.73. The molecule has 0 bridgehead atoms. The van der Waals surface area contributed by atoms with E-state index in [9.17, 15) is 45.0 Å². The number of sulfone groups is 1. The number of benzene rings is 2. The lowest BCUT2D eigenvalue weighted by Crippen LogP contribution is -2.39. The molecule has 0 fully saturated rings. The lowest BCUT2D eigenvalue weighted by molar-refractivity contribution is -0.143. The van der Waals surface area contributed by atoms with Crippen LogP contribution in [-0.2, 0) is 22.2 Å². The Bertz CT molecular complexity index is 1030. The molecule has 1 aliphatic heterocycles. The molecule has 3 rings (SSSR count). The van der Waals surface area contributed by atoms with Gasteiger partial charge in [-0.05, 0) is 29.8 Å². The fourth-order valence-electron chi connectivity index (χ4n) is 3.14. The first-order valence-electron chi connectivity index (χ1n) is 7.79. The van der Waals surface area contributed by atoms with Crippen molar-refractivity contribution in [3.63, 3.8) is 0 Å². The highest BCUT2D eigenvalue weighted by molar-refractivity contribution is 14.1. The fraction of sp³-hybridized carbons (Fsp3) is 0.294. The number of hydrogen-bond donors (Lipinski definition) is 2. The Balaban J connectivity index is 2.22. The molecule has 1 heterocycles. The SMILES string of the molecule is O=S1(=O)c2ccccc2C(O)C1(I)C(O)c1cc(C(F)(F)F)cc(C(F)(F)F)c1. The van der Waals surface area contributed by atoms with E-state index in [2.05, 4.69) is 0 Å². The lowest BCUT2D eigenvalue weighted by atomic mass is 9.95. The minimum absolute atomic E-state index is 0.107. The number of aliphatic hydroxyl groups is 2. The number of rotatable bonds is 2. The summed E-state index contributed by atoms with van der Waals surface area (Å²) < 4.78 is 102. The zero-order valence-electron chi connectivity index (χ0n) is 14.0. The summed E-state index contributed by atoms with van der Waals surface area (Å²) in [6, 6.07) is 5.47. The summed E-state index contributed by atoms with van der Waals surface area (Å²) >= 11 is 1.17. The molecule has 29 heavy (non-hydrogen) atoms. The average Bonchev–Trinajstić information content (AvgIpc) is 2.78. The second-order valence-corrected chi connectivity index (χ2v) is 11.0. The monoisotopic (exact) mass is 552 g/mol. The molecule has 0 saturated carbocycles. The van der Waals surface area contributed by atoms with Crippen molar-refractivity contribution in [1.29, 1.82) is 0 Å². The Hall–Kier alpha value is -1.38. The molecular weight excluding hydrogens is 541 g/mol. The Morgan fingerprint density at radius 3 is 1.90 bits per heavy atom. The quantitative estimate of drug-likeness (QED) is 0.329. The Morgan fingerprint density at radius 1 is 0.966 bits per heavy atom. The fourth-order valence-corrected chi connectivity index (χ4v) is 6.48. The molecule has 1 aliphatic rings. The van der Waals surface area contributed by atoms with E-state index in [0.717, 1.165) is 6.07 Å². The molecule has 0 saturated heterocycles. The zero-order valence-corrected chi connectivity index (χ0v) is 16.9. The molecule has 4 nitrogen and oxygen atoms in total. The van der Waals surface area contributed by atoms with Gasteiger partial charge in [-0.1, -0.05) is 40.8 Å². The lowest BCUT2D eigenvalue weighted by Gasteiger charge is -2.31. The van der Waals surface area contributed by atoms with Crippen molar-refractivity contribution < 1.29 is 45.0 Å². The summed E-state index contributed by atoms with van der Waals surface area (Å²) in [5.41, 5.74) is -4.45. The summed E-state index contributed by atoms with van der Waals surface area (Å²) in [6.07, 6.45) is -14.6. The van der Waals surface area contributed by atoms with Crippen LogP contribution in [0.2, 0.25) is 0 Å². The van der Waals surface area contributed by atoms with Gasteiger partial charge in [0, 0.05) is 5.56 Å². The van der Waals surface area contributed by atoms with Gasteiger partial charge in [0.25, 0.3) is 0 Å². The van der Waals surface area contributed by atoms with Gasteiger partial charge in [0.2, 0.25) is 0 Å².